The van der Waals surface area contributed by atoms with E-state index in [4.69, 9.17) is 10.8 Å². The SMILES string of the molecule is CC(C)C(N)C(=O)NC(Cc1cnc[nH]1)C(=O)O. The maximum absolute atomic E-state index is 11.7. The zero-order chi connectivity index (χ0) is 13.7. The topological polar surface area (TPSA) is 121 Å². The van der Waals surface area contributed by atoms with Crippen LogP contribution in [-0.2, 0) is 16.0 Å². The number of nitrogens with one attached hydrogen (secondary N) is 2. The Morgan fingerprint density at radius 3 is 2.67 bits per heavy atom. The van der Waals surface area contributed by atoms with Crippen LogP contribution < -0.4 is 11.1 Å². The van der Waals surface area contributed by atoms with Crippen LogP contribution in [0.5, 0.6) is 0 Å². The predicted molar refractivity (Wildman–Crippen MR) is 64.7 cm³/mol. The van der Waals surface area contributed by atoms with E-state index in [0.717, 1.165) is 0 Å². The minimum atomic E-state index is -1.10. The highest BCUT2D eigenvalue weighted by atomic mass is 16.4. The average Bonchev–Trinajstić information content (AvgIpc) is 2.79. The van der Waals surface area contributed by atoms with Gasteiger partial charge in [0.25, 0.3) is 0 Å². The standard InChI is InChI=1S/C11H18N4O3/c1-6(2)9(12)10(16)15-8(11(17)18)3-7-4-13-5-14-7/h4-6,8-9H,3,12H2,1-2H3,(H,13,14)(H,15,16)(H,17,18). The van der Waals surface area contributed by atoms with Crippen LogP contribution in [-0.4, -0.2) is 39.0 Å². The highest BCUT2D eigenvalue weighted by Gasteiger charge is 2.25. The first-order valence-corrected chi connectivity index (χ1v) is 5.67. The average molecular weight is 254 g/mol. The molecule has 0 radical (unpaired) electrons. The number of H-pyrrole nitrogens is 1. The van der Waals surface area contributed by atoms with Crippen LogP contribution in [0.15, 0.2) is 12.5 Å². The Hall–Kier alpha value is -1.89. The van der Waals surface area contributed by atoms with Crippen LogP contribution in [0, 0.1) is 5.92 Å². The van der Waals surface area contributed by atoms with E-state index in [1.165, 1.54) is 12.5 Å². The molecule has 7 heteroatoms. The number of carbonyl (C=O) groups excluding carboxylic acids is 1. The van der Waals surface area contributed by atoms with Gasteiger partial charge in [-0.2, -0.15) is 0 Å². The van der Waals surface area contributed by atoms with E-state index in [-0.39, 0.29) is 12.3 Å². The Bertz CT molecular complexity index is 402. The molecule has 0 saturated heterocycles. The molecule has 0 aliphatic carbocycles. The summed E-state index contributed by atoms with van der Waals surface area (Å²) >= 11 is 0. The summed E-state index contributed by atoms with van der Waals surface area (Å²) in [5, 5.41) is 11.5. The third-order valence-corrected chi connectivity index (χ3v) is 2.61. The molecule has 1 amide bonds. The van der Waals surface area contributed by atoms with Gasteiger partial charge < -0.3 is 21.1 Å². The molecular formula is C11H18N4O3. The summed E-state index contributed by atoms with van der Waals surface area (Å²) in [6.45, 7) is 3.60. The Morgan fingerprint density at radius 2 is 2.22 bits per heavy atom. The van der Waals surface area contributed by atoms with Gasteiger partial charge in [-0.15, -0.1) is 0 Å². The fourth-order valence-corrected chi connectivity index (χ4v) is 1.39. The van der Waals surface area contributed by atoms with Crippen molar-refractivity contribution in [2.75, 3.05) is 0 Å². The molecule has 1 heterocycles. The van der Waals surface area contributed by atoms with Gasteiger partial charge in [0, 0.05) is 18.3 Å². The molecule has 0 aromatic carbocycles. The lowest BCUT2D eigenvalue weighted by Gasteiger charge is -2.19. The largest absolute Gasteiger partial charge is 0.480 e. The zero-order valence-electron chi connectivity index (χ0n) is 10.4. The van der Waals surface area contributed by atoms with Crippen molar-refractivity contribution in [3.8, 4) is 0 Å². The highest BCUT2D eigenvalue weighted by Crippen LogP contribution is 2.02. The Morgan fingerprint density at radius 1 is 1.56 bits per heavy atom. The number of hydrogen-bond acceptors (Lipinski definition) is 4. The molecule has 0 spiro atoms. The number of aliphatic carboxylic acids is 1. The number of nitrogens with zero attached hydrogens (tertiary/aromatic N) is 1. The monoisotopic (exact) mass is 254 g/mol. The summed E-state index contributed by atoms with van der Waals surface area (Å²) in [5.74, 6) is -1.61. The minimum absolute atomic E-state index is 0.0494. The summed E-state index contributed by atoms with van der Waals surface area (Å²) in [6.07, 6.45) is 3.12. The minimum Gasteiger partial charge on any atom is -0.480 e. The van der Waals surface area contributed by atoms with Crippen molar-refractivity contribution in [2.24, 2.45) is 11.7 Å². The quantitative estimate of drug-likeness (QED) is 0.545. The molecule has 0 aliphatic rings. The lowest BCUT2D eigenvalue weighted by molar-refractivity contribution is -0.142. The number of aromatic amines is 1. The maximum Gasteiger partial charge on any atom is 0.326 e. The second kappa shape index (κ2) is 6.15. The van der Waals surface area contributed by atoms with Gasteiger partial charge in [-0.1, -0.05) is 13.8 Å². The van der Waals surface area contributed by atoms with E-state index in [1.807, 2.05) is 0 Å². The van der Waals surface area contributed by atoms with Gasteiger partial charge in [0.2, 0.25) is 5.91 Å². The molecular weight excluding hydrogens is 236 g/mol. The van der Waals surface area contributed by atoms with Crippen LogP contribution in [0.25, 0.3) is 0 Å². The summed E-state index contributed by atoms with van der Waals surface area (Å²) in [5.41, 5.74) is 6.30. The van der Waals surface area contributed by atoms with Crippen LogP contribution in [0.4, 0.5) is 0 Å². The molecule has 18 heavy (non-hydrogen) atoms. The third kappa shape index (κ3) is 3.85. The number of hydrogen-bond donors (Lipinski definition) is 4. The number of carbonyl (C=O) groups is 2. The molecule has 0 aliphatic heterocycles. The molecule has 0 fully saturated rings. The summed E-state index contributed by atoms with van der Waals surface area (Å²) in [6, 6.07) is -1.73. The normalized spacial score (nSPS) is 14.2. The first-order chi connectivity index (χ1) is 8.41. The molecule has 1 aromatic rings. The predicted octanol–water partition coefficient (Wildman–Crippen LogP) is -0.495. The van der Waals surface area contributed by atoms with E-state index >= 15 is 0 Å². The molecule has 7 nitrogen and oxygen atoms in total. The van der Waals surface area contributed by atoms with E-state index < -0.39 is 24.0 Å². The molecule has 1 rings (SSSR count). The fourth-order valence-electron chi connectivity index (χ4n) is 1.39. The van der Waals surface area contributed by atoms with Gasteiger partial charge in [0.1, 0.15) is 6.04 Å². The number of amides is 1. The smallest absolute Gasteiger partial charge is 0.326 e. The van der Waals surface area contributed by atoms with E-state index in [9.17, 15) is 9.59 Å². The molecule has 2 unspecified atom stereocenters. The highest BCUT2D eigenvalue weighted by molar-refractivity contribution is 5.87. The number of aromatic nitrogens is 2. The van der Waals surface area contributed by atoms with Gasteiger partial charge >= 0.3 is 5.97 Å². The van der Waals surface area contributed by atoms with Crippen LogP contribution >= 0.6 is 0 Å². The van der Waals surface area contributed by atoms with Crippen molar-refractivity contribution in [3.05, 3.63) is 18.2 Å². The molecule has 0 saturated carbocycles. The molecule has 2 atom stereocenters. The molecule has 5 N–H and O–H groups in total. The van der Waals surface area contributed by atoms with Crippen molar-refractivity contribution in [1.29, 1.82) is 0 Å². The number of carboxylic acids is 1. The number of imidazole rings is 1. The number of nitrogens with two attached hydrogens (primary N) is 1. The number of rotatable bonds is 6. The summed E-state index contributed by atoms with van der Waals surface area (Å²) in [7, 11) is 0. The van der Waals surface area contributed by atoms with Gasteiger partial charge in [-0.3, -0.25) is 4.79 Å². The van der Waals surface area contributed by atoms with E-state index in [2.05, 4.69) is 15.3 Å². The van der Waals surface area contributed by atoms with Crippen LogP contribution in [0.1, 0.15) is 19.5 Å². The third-order valence-electron chi connectivity index (χ3n) is 2.61. The fraction of sp³-hybridized carbons (Fsp3) is 0.545. The van der Waals surface area contributed by atoms with Crippen molar-refractivity contribution in [3.63, 3.8) is 0 Å². The second-order valence-electron chi connectivity index (χ2n) is 4.45. The maximum atomic E-state index is 11.7. The summed E-state index contributed by atoms with van der Waals surface area (Å²) in [4.78, 5) is 29.3. The zero-order valence-corrected chi connectivity index (χ0v) is 10.4. The van der Waals surface area contributed by atoms with Gasteiger partial charge in [0.15, 0.2) is 0 Å². The molecule has 1 aromatic heterocycles. The first-order valence-electron chi connectivity index (χ1n) is 5.67. The van der Waals surface area contributed by atoms with Gasteiger partial charge in [-0.05, 0) is 5.92 Å². The van der Waals surface area contributed by atoms with Crippen molar-refractivity contribution in [1.82, 2.24) is 15.3 Å². The van der Waals surface area contributed by atoms with Crippen molar-refractivity contribution in [2.45, 2.75) is 32.4 Å². The molecule has 100 valence electrons. The van der Waals surface area contributed by atoms with E-state index in [0.29, 0.717) is 5.69 Å². The van der Waals surface area contributed by atoms with Crippen molar-refractivity contribution >= 4 is 11.9 Å². The Kier molecular flexibility index (Phi) is 4.85. The second-order valence-corrected chi connectivity index (χ2v) is 4.45. The molecule has 0 bridgehead atoms. The first kappa shape index (κ1) is 14.2. The lowest BCUT2D eigenvalue weighted by Crippen LogP contribution is -2.51. The van der Waals surface area contributed by atoms with E-state index in [1.54, 1.807) is 13.8 Å². The van der Waals surface area contributed by atoms with Crippen LogP contribution in [0.2, 0.25) is 0 Å². The van der Waals surface area contributed by atoms with Gasteiger partial charge in [0.05, 0.1) is 12.4 Å². The number of carboxylic acid groups (broad SMARTS) is 1. The van der Waals surface area contributed by atoms with Crippen LogP contribution in [0.3, 0.4) is 0 Å². The Labute approximate surface area is 105 Å². The Balaban J connectivity index is 2.64. The lowest BCUT2D eigenvalue weighted by atomic mass is 10.0. The summed E-state index contributed by atoms with van der Waals surface area (Å²) < 4.78 is 0. The van der Waals surface area contributed by atoms with Crippen molar-refractivity contribution < 1.29 is 14.7 Å². The van der Waals surface area contributed by atoms with Gasteiger partial charge in [-0.25, -0.2) is 9.78 Å².